The molecule has 0 atom stereocenters. The number of methoxy groups -OCH3 is 2. The van der Waals surface area contributed by atoms with Gasteiger partial charge in [-0.1, -0.05) is 13.0 Å². The molecule has 0 aliphatic heterocycles. The smallest absolute Gasteiger partial charge is 0.357 e. The first-order chi connectivity index (χ1) is 11.6. The van der Waals surface area contributed by atoms with Gasteiger partial charge in [-0.05, 0) is 24.6 Å². The molecule has 1 heterocycles. The molecular weight excluding hydrogens is 328 g/mol. The number of hydrogen-bond acceptors (Lipinski definition) is 6. The van der Waals surface area contributed by atoms with E-state index in [0.717, 1.165) is 6.42 Å². The second-order valence-corrected chi connectivity index (χ2v) is 6.02. The first-order valence-electron chi connectivity index (χ1n) is 7.55. The number of benzene rings is 1. The van der Waals surface area contributed by atoms with Gasteiger partial charge in [-0.2, -0.15) is 0 Å². The van der Waals surface area contributed by atoms with Crippen LogP contribution in [0.3, 0.4) is 0 Å². The van der Waals surface area contributed by atoms with Gasteiger partial charge in [0.2, 0.25) is 0 Å². The van der Waals surface area contributed by atoms with Crippen molar-refractivity contribution < 1.29 is 19.1 Å². The van der Waals surface area contributed by atoms with Crippen molar-refractivity contribution in [1.82, 2.24) is 9.88 Å². The molecule has 0 fully saturated rings. The van der Waals surface area contributed by atoms with Crippen LogP contribution in [-0.4, -0.2) is 42.5 Å². The van der Waals surface area contributed by atoms with Crippen LogP contribution in [0.25, 0.3) is 0 Å². The predicted molar refractivity (Wildman–Crippen MR) is 91.5 cm³/mol. The molecule has 6 nitrogen and oxygen atoms in total. The minimum absolute atomic E-state index is 0.0921. The van der Waals surface area contributed by atoms with Gasteiger partial charge in [0.25, 0.3) is 5.91 Å². The Hall–Kier alpha value is -2.41. The van der Waals surface area contributed by atoms with Crippen molar-refractivity contribution in [3.63, 3.8) is 0 Å². The molecule has 2 rings (SSSR count). The van der Waals surface area contributed by atoms with Crippen LogP contribution in [0.5, 0.6) is 5.75 Å². The summed E-state index contributed by atoms with van der Waals surface area (Å²) in [6.45, 7) is 2.96. The normalized spacial score (nSPS) is 10.3. The first-order valence-corrected chi connectivity index (χ1v) is 8.43. The Kier molecular flexibility index (Phi) is 6.31. The van der Waals surface area contributed by atoms with Gasteiger partial charge >= 0.3 is 5.97 Å². The molecule has 0 saturated heterocycles. The molecule has 128 valence electrons. The zero-order chi connectivity index (χ0) is 17.5. The van der Waals surface area contributed by atoms with Gasteiger partial charge in [-0.15, -0.1) is 11.3 Å². The molecule has 0 aliphatic carbocycles. The number of ether oxygens (including phenoxy) is 2. The number of thiazole rings is 1. The van der Waals surface area contributed by atoms with Gasteiger partial charge in [0.1, 0.15) is 10.8 Å². The van der Waals surface area contributed by atoms with Crippen LogP contribution in [0.4, 0.5) is 0 Å². The highest BCUT2D eigenvalue weighted by atomic mass is 32.1. The molecule has 7 heteroatoms. The van der Waals surface area contributed by atoms with Crippen LogP contribution in [0.1, 0.15) is 39.2 Å². The van der Waals surface area contributed by atoms with Crippen LogP contribution in [0, 0.1) is 0 Å². The molecule has 24 heavy (non-hydrogen) atoms. The van der Waals surface area contributed by atoms with Crippen molar-refractivity contribution in [3.8, 4) is 5.75 Å². The van der Waals surface area contributed by atoms with Crippen molar-refractivity contribution in [2.75, 3.05) is 20.8 Å². The minimum Gasteiger partial charge on any atom is -0.497 e. The molecule has 0 spiro atoms. The highest BCUT2D eigenvalue weighted by Crippen LogP contribution is 2.18. The number of amides is 1. The average molecular weight is 348 g/mol. The zero-order valence-electron chi connectivity index (χ0n) is 13.9. The summed E-state index contributed by atoms with van der Waals surface area (Å²) in [5, 5.41) is 2.33. The molecule has 1 aromatic carbocycles. The molecule has 0 N–H and O–H groups in total. The number of rotatable bonds is 7. The molecule has 0 unspecified atom stereocenters. The maximum absolute atomic E-state index is 12.8. The molecule has 0 radical (unpaired) electrons. The summed E-state index contributed by atoms with van der Waals surface area (Å²) in [5.74, 6) is 0.0729. The van der Waals surface area contributed by atoms with E-state index in [4.69, 9.17) is 4.74 Å². The third kappa shape index (κ3) is 4.32. The number of hydrogen-bond donors (Lipinski definition) is 0. The third-order valence-corrected chi connectivity index (χ3v) is 4.20. The lowest BCUT2D eigenvalue weighted by atomic mass is 10.2. The van der Waals surface area contributed by atoms with Gasteiger partial charge < -0.3 is 14.4 Å². The van der Waals surface area contributed by atoms with E-state index in [2.05, 4.69) is 9.72 Å². The molecule has 0 bridgehead atoms. The highest BCUT2D eigenvalue weighted by molar-refractivity contribution is 7.09. The summed E-state index contributed by atoms with van der Waals surface area (Å²) in [4.78, 5) is 30.2. The van der Waals surface area contributed by atoms with Crippen molar-refractivity contribution >= 4 is 23.2 Å². The van der Waals surface area contributed by atoms with Crippen molar-refractivity contribution in [2.45, 2.75) is 19.9 Å². The first kappa shape index (κ1) is 17.9. The Balaban J connectivity index is 2.17. The average Bonchev–Trinajstić information content (AvgIpc) is 3.08. The SMILES string of the molecule is CCCN(Cc1nc(C(=O)OC)cs1)C(=O)c1cccc(OC)c1. The lowest BCUT2D eigenvalue weighted by Gasteiger charge is -2.21. The summed E-state index contributed by atoms with van der Waals surface area (Å²) in [7, 11) is 2.88. The Bertz CT molecular complexity index is 714. The van der Waals surface area contributed by atoms with Crippen LogP contribution >= 0.6 is 11.3 Å². The van der Waals surface area contributed by atoms with Gasteiger partial charge in [0.15, 0.2) is 5.69 Å². The molecule has 2 aromatic rings. The largest absolute Gasteiger partial charge is 0.497 e. The van der Waals surface area contributed by atoms with Gasteiger partial charge in [0, 0.05) is 17.5 Å². The quantitative estimate of drug-likeness (QED) is 0.720. The van der Waals surface area contributed by atoms with E-state index in [1.165, 1.54) is 18.4 Å². The van der Waals surface area contributed by atoms with E-state index in [-0.39, 0.29) is 11.6 Å². The van der Waals surface area contributed by atoms with E-state index in [9.17, 15) is 9.59 Å². The monoisotopic (exact) mass is 348 g/mol. The minimum atomic E-state index is -0.473. The van der Waals surface area contributed by atoms with Crippen molar-refractivity contribution in [3.05, 3.63) is 45.9 Å². The summed E-state index contributed by atoms with van der Waals surface area (Å²) in [6.07, 6.45) is 0.824. The molecule has 1 amide bonds. The Morgan fingerprint density at radius 2 is 2.08 bits per heavy atom. The van der Waals surface area contributed by atoms with Gasteiger partial charge in [-0.25, -0.2) is 9.78 Å². The number of carbonyl (C=O) groups excluding carboxylic acids is 2. The second-order valence-electron chi connectivity index (χ2n) is 5.08. The summed E-state index contributed by atoms with van der Waals surface area (Å²) in [6, 6.07) is 7.06. The van der Waals surface area contributed by atoms with Gasteiger partial charge in [0.05, 0.1) is 20.8 Å². The molecule has 0 saturated carbocycles. The highest BCUT2D eigenvalue weighted by Gasteiger charge is 2.19. The van der Waals surface area contributed by atoms with E-state index < -0.39 is 5.97 Å². The van der Waals surface area contributed by atoms with Gasteiger partial charge in [-0.3, -0.25) is 4.79 Å². The van der Waals surface area contributed by atoms with E-state index in [0.29, 0.717) is 29.4 Å². The Morgan fingerprint density at radius 1 is 1.29 bits per heavy atom. The fraction of sp³-hybridized carbons (Fsp3) is 0.353. The lowest BCUT2D eigenvalue weighted by Crippen LogP contribution is -2.31. The molecule has 1 aromatic heterocycles. The fourth-order valence-corrected chi connectivity index (χ4v) is 2.98. The number of nitrogens with zero attached hydrogens (tertiary/aromatic N) is 2. The lowest BCUT2D eigenvalue weighted by molar-refractivity contribution is 0.0594. The predicted octanol–water partition coefficient (Wildman–Crippen LogP) is 2.99. The Morgan fingerprint density at radius 3 is 2.75 bits per heavy atom. The van der Waals surface area contributed by atoms with Crippen LogP contribution in [0.15, 0.2) is 29.6 Å². The maximum Gasteiger partial charge on any atom is 0.357 e. The van der Waals surface area contributed by atoms with E-state index >= 15 is 0 Å². The zero-order valence-corrected chi connectivity index (χ0v) is 14.8. The second kappa shape index (κ2) is 8.44. The fourth-order valence-electron chi connectivity index (χ4n) is 2.21. The summed E-state index contributed by atoms with van der Waals surface area (Å²) < 4.78 is 9.83. The van der Waals surface area contributed by atoms with E-state index in [1.54, 1.807) is 41.7 Å². The standard InChI is InChI=1S/C17H20N2O4S/c1-4-8-19(10-15-18-14(11-24-15)17(21)23-3)16(20)12-6-5-7-13(9-12)22-2/h5-7,9,11H,4,8,10H2,1-3H3. The summed E-state index contributed by atoms with van der Waals surface area (Å²) >= 11 is 1.34. The number of esters is 1. The van der Waals surface area contributed by atoms with Crippen LogP contribution < -0.4 is 4.74 Å². The topological polar surface area (TPSA) is 68.7 Å². The maximum atomic E-state index is 12.8. The van der Waals surface area contributed by atoms with E-state index in [1.807, 2.05) is 6.92 Å². The van der Waals surface area contributed by atoms with Crippen molar-refractivity contribution in [1.29, 1.82) is 0 Å². The number of carbonyl (C=O) groups is 2. The van der Waals surface area contributed by atoms with Crippen LogP contribution in [-0.2, 0) is 11.3 Å². The molecular formula is C17H20N2O4S. The Labute approximate surface area is 145 Å². The third-order valence-electron chi connectivity index (χ3n) is 3.37. The van der Waals surface area contributed by atoms with Crippen molar-refractivity contribution in [2.24, 2.45) is 0 Å². The van der Waals surface area contributed by atoms with Crippen LogP contribution in [0.2, 0.25) is 0 Å². The molecule has 0 aliphatic rings. The number of aromatic nitrogens is 1. The summed E-state index contributed by atoms with van der Waals surface area (Å²) in [5.41, 5.74) is 0.829.